The van der Waals surface area contributed by atoms with E-state index in [-0.39, 0.29) is 22.6 Å². The van der Waals surface area contributed by atoms with Gasteiger partial charge in [-0.2, -0.15) is 13.2 Å². The Morgan fingerprint density at radius 1 is 0.969 bits per heavy atom. The highest BCUT2D eigenvalue weighted by atomic mass is 32.2. The molecule has 11 heteroatoms. The van der Waals surface area contributed by atoms with Gasteiger partial charge >= 0.3 is 12.1 Å². The number of alkyl halides is 3. The van der Waals surface area contributed by atoms with Gasteiger partial charge in [-0.15, -0.1) is 0 Å². The van der Waals surface area contributed by atoms with Gasteiger partial charge in [-0.3, -0.25) is 4.79 Å². The Bertz CT molecular complexity index is 1220. The highest BCUT2D eigenvalue weighted by molar-refractivity contribution is 7.89. The molecule has 3 rings (SSSR count). The van der Waals surface area contributed by atoms with Crippen molar-refractivity contribution < 1.29 is 40.3 Å². The van der Waals surface area contributed by atoms with Crippen molar-refractivity contribution in [2.24, 2.45) is 0 Å². The molecule has 3 aromatic rings. The first-order valence-corrected chi connectivity index (χ1v) is 10.5. The molecule has 0 amide bonds. The average molecular weight is 467 g/mol. The third-order valence-corrected chi connectivity index (χ3v) is 5.64. The molecular weight excluding hydrogens is 451 g/mol. The van der Waals surface area contributed by atoms with Crippen LogP contribution in [0.15, 0.2) is 76.2 Å². The Balaban J connectivity index is 1.65. The molecule has 0 aliphatic heterocycles. The molecule has 0 saturated carbocycles. The van der Waals surface area contributed by atoms with Crippen LogP contribution in [-0.2, 0) is 27.5 Å². The standard InChI is InChI=1S/C21H16F3NO6S/c22-21(23,24)16-6-1-4-14(10-16)19(26)13-31-20(27)15-5-2-8-18(11-15)32(28,29)25-12-17-7-3-9-30-17/h1-11,25H,12-13H2. The monoisotopic (exact) mass is 467 g/mol. The van der Waals surface area contributed by atoms with Crippen LogP contribution in [0.2, 0.25) is 0 Å². The molecule has 0 aliphatic carbocycles. The molecule has 0 spiro atoms. The zero-order valence-electron chi connectivity index (χ0n) is 16.3. The molecule has 1 N–H and O–H groups in total. The maximum absolute atomic E-state index is 12.8. The van der Waals surface area contributed by atoms with Gasteiger partial charge in [0.15, 0.2) is 12.4 Å². The maximum Gasteiger partial charge on any atom is 0.416 e. The molecule has 0 aliphatic rings. The van der Waals surface area contributed by atoms with Crippen molar-refractivity contribution in [2.45, 2.75) is 17.6 Å². The number of carbonyl (C=O) groups excluding carboxylic acids is 2. The van der Waals surface area contributed by atoms with Gasteiger partial charge in [0.1, 0.15) is 5.76 Å². The summed E-state index contributed by atoms with van der Waals surface area (Å²) in [5.74, 6) is -1.46. The second kappa shape index (κ2) is 9.37. The van der Waals surface area contributed by atoms with Crippen LogP contribution in [0.3, 0.4) is 0 Å². The van der Waals surface area contributed by atoms with Crippen molar-refractivity contribution >= 4 is 21.8 Å². The molecule has 0 saturated heterocycles. The van der Waals surface area contributed by atoms with E-state index in [0.29, 0.717) is 11.8 Å². The second-order valence-corrected chi connectivity index (χ2v) is 8.28. The van der Waals surface area contributed by atoms with Gasteiger partial charge in [0.25, 0.3) is 0 Å². The summed E-state index contributed by atoms with van der Waals surface area (Å²) in [6, 6.07) is 11.8. The Hall–Kier alpha value is -3.44. The van der Waals surface area contributed by atoms with E-state index in [4.69, 9.17) is 9.15 Å². The van der Waals surface area contributed by atoms with E-state index in [9.17, 15) is 31.2 Å². The third kappa shape index (κ3) is 5.83. The Labute approximate surface area is 180 Å². The molecule has 0 unspecified atom stereocenters. The quantitative estimate of drug-likeness (QED) is 0.399. The van der Waals surface area contributed by atoms with Gasteiger partial charge in [0, 0.05) is 5.56 Å². The largest absolute Gasteiger partial charge is 0.468 e. The normalized spacial score (nSPS) is 11.8. The van der Waals surface area contributed by atoms with Crippen molar-refractivity contribution in [2.75, 3.05) is 6.61 Å². The SMILES string of the molecule is O=C(COC(=O)c1cccc(S(=O)(=O)NCc2ccco2)c1)c1cccc(C(F)(F)F)c1. The maximum atomic E-state index is 12.8. The first-order valence-electron chi connectivity index (χ1n) is 9.06. The number of ketones is 1. The number of sulfonamides is 1. The molecule has 2 aromatic carbocycles. The number of Topliss-reactive ketones (excluding diaryl/α,β-unsaturated/α-hetero) is 1. The number of carbonyl (C=O) groups is 2. The molecule has 0 bridgehead atoms. The molecule has 168 valence electrons. The Kier molecular flexibility index (Phi) is 6.80. The fourth-order valence-electron chi connectivity index (χ4n) is 2.62. The summed E-state index contributed by atoms with van der Waals surface area (Å²) in [7, 11) is -3.98. The summed E-state index contributed by atoms with van der Waals surface area (Å²) in [5, 5.41) is 0. The van der Waals surface area contributed by atoms with Crippen molar-refractivity contribution in [3.8, 4) is 0 Å². The van der Waals surface area contributed by atoms with E-state index in [1.807, 2.05) is 0 Å². The van der Waals surface area contributed by atoms with Gasteiger partial charge in [0.05, 0.1) is 28.8 Å². The highest BCUT2D eigenvalue weighted by Crippen LogP contribution is 2.29. The lowest BCUT2D eigenvalue weighted by Gasteiger charge is -2.09. The summed E-state index contributed by atoms with van der Waals surface area (Å²) in [6.07, 6.45) is -3.23. The topological polar surface area (TPSA) is 103 Å². The van der Waals surface area contributed by atoms with Crippen molar-refractivity contribution in [3.63, 3.8) is 0 Å². The first-order chi connectivity index (χ1) is 15.1. The molecule has 0 radical (unpaired) electrons. The van der Waals surface area contributed by atoms with E-state index >= 15 is 0 Å². The van der Waals surface area contributed by atoms with Crippen LogP contribution >= 0.6 is 0 Å². The van der Waals surface area contributed by atoms with Crippen molar-refractivity contribution in [3.05, 3.63) is 89.4 Å². The van der Waals surface area contributed by atoms with Crippen LogP contribution in [0.1, 0.15) is 32.0 Å². The number of rotatable bonds is 8. The number of halogens is 3. The van der Waals surface area contributed by atoms with E-state index < -0.39 is 40.1 Å². The van der Waals surface area contributed by atoms with Gasteiger partial charge in [-0.1, -0.05) is 18.2 Å². The van der Waals surface area contributed by atoms with Gasteiger partial charge in [-0.25, -0.2) is 17.9 Å². The summed E-state index contributed by atoms with van der Waals surface area (Å²) in [6.45, 7) is -0.913. The number of hydrogen-bond donors (Lipinski definition) is 1. The van der Waals surface area contributed by atoms with Crippen LogP contribution in [0.4, 0.5) is 13.2 Å². The van der Waals surface area contributed by atoms with Crippen LogP contribution in [0.5, 0.6) is 0 Å². The lowest BCUT2D eigenvalue weighted by atomic mass is 10.1. The van der Waals surface area contributed by atoms with E-state index in [2.05, 4.69) is 4.72 Å². The third-order valence-electron chi connectivity index (χ3n) is 4.24. The number of furan rings is 1. The van der Waals surface area contributed by atoms with E-state index in [1.165, 1.54) is 30.5 Å². The number of ether oxygens (including phenoxy) is 1. The first kappa shape index (κ1) is 23.2. The van der Waals surface area contributed by atoms with Crippen molar-refractivity contribution in [1.29, 1.82) is 0 Å². The van der Waals surface area contributed by atoms with Crippen LogP contribution < -0.4 is 4.72 Å². The Morgan fingerprint density at radius 2 is 1.69 bits per heavy atom. The molecule has 32 heavy (non-hydrogen) atoms. The average Bonchev–Trinajstić information content (AvgIpc) is 3.29. The highest BCUT2D eigenvalue weighted by Gasteiger charge is 2.31. The van der Waals surface area contributed by atoms with Gasteiger partial charge < -0.3 is 9.15 Å². The number of hydrogen-bond acceptors (Lipinski definition) is 6. The lowest BCUT2D eigenvalue weighted by molar-refractivity contribution is -0.137. The lowest BCUT2D eigenvalue weighted by Crippen LogP contribution is -2.23. The second-order valence-electron chi connectivity index (χ2n) is 6.51. The van der Waals surface area contributed by atoms with E-state index in [1.54, 1.807) is 12.1 Å². The minimum atomic E-state index is -4.62. The summed E-state index contributed by atoms with van der Waals surface area (Å²) in [5.41, 5.74) is -1.43. The van der Waals surface area contributed by atoms with Crippen LogP contribution in [-0.4, -0.2) is 26.8 Å². The minimum Gasteiger partial charge on any atom is -0.468 e. The summed E-state index contributed by atoms with van der Waals surface area (Å²) >= 11 is 0. The molecule has 0 atom stereocenters. The fraction of sp³-hybridized carbons (Fsp3) is 0.143. The molecule has 1 heterocycles. The number of esters is 1. The minimum absolute atomic E-state index is 0.102. The van der Waals surface area contributed by atoms with Gasteiger partial charge in [0.2, 0.25) is 10.0 Å². The zero-order valence-corrected chi connectivity index (χ0v) is 17.1. The predicted molar refractivity (Wildman–Crippen MR) is 105 cm³/mol. The summed E-state index contributed by atoms with van der Waals surface area (Å²) in [4.78, 5) is 24.2. The van der Waals surface area contributed by atoms with Crippen LogP contribution in [0, 0.1) is 0 Å². The van der Waals surface area contributed by atoms with Crippen molar-refractivity contribution in [1.82, 2.24) is 4.72 Å². The Morgan fingerprint density at radius 3 is 2.38 bits per heavy atom. The molecule has 7 nitrogen and oxygen atoms in total. The molecule has 1 aromatic heterocycles. The van der Waals surface area contributed by atoms with Gasteiger partial charge in [-0.05, 0) is 42.5 Å². The van der Waals surface area contributed by atoms with Crippen LogP contribution in [0.25, 0.3) is 0 Å². The summed E-state index contributed by atoms with van der Waals surface area (Å²) < 4.78 is 75.4. The predicted octanol–water partition coefficient (Wildman–Crippen LogP) is 3.82. The fourth-order valence-corrected chi connectivity index (χ4v) is 3.66. The number of nitrogens with one attached hydrogen (secondary N) is 1. The smallest absolute Gasteiger partial charge is 0.416 e. The van der Waals surface area contributed by atoms with E-state index in [0.717, 1.165) is 18.2 Å². The molecule has 0 fully saturated rings. The zero-order chi connectivity index (χ0) is 23.4. The number of benzene rings is 2. The molecular formula is C21H16F3NO6S.